The van der Waals surface area contributed by atoms with E-state index in [1.165, 1.54) is 31.2 Å². The summed E-state index contributed by atoms with van der Waals surface area (Å²) >= 11 is 0. The third-order valence-corrected chi connectivity index (χ3v) is 4.00. The van der Waals surface area contributed by atoms with E-state index in [-0.39, 0.29) is 5.60 Å². The Morgan fingerprint density at radius 2 is 2.00 bits per heavy atom. The molecule has 1 aromatic heterocycles. The van der Waals surface area contributed by atoms with Gasteiger partial charge in [-0.3, -0.25) is 9.88 Å². The van der Waals surface area contributed by atoms with Crippen LogP contribution in [0.1, 0.15) is 31.2 Å². The molecule has 0 atom stereocenters. The van der Waals surface area contributed by atoms with E-state index in [2.05, 4.69) is 22.0 Å². The molecule has 1 aromatic rings. The Kier molecular flexibility index (Phi) is 3.12. The van der Waals surface area contributed by atoms with Gasteiger partial charge < -0.3 is 4.74 Å². The van der Waals surface area contributed by atoms with E-state index in [1.807, 2.05) is 12.4 Å². The van der Waals surface area contributed by atoms with Crippen LogP contribution < -0.4 is 0 Å². The summed E-state index contributed by atoms with van der Waals surface area (Å²) in [5.74, 6) is 0. The predicted octanol–water partition coefficient (Wildman–Crippen LogP) is 2.23. The fourth-order valence-electron chi connectivity index (χ4n) is 3.13. The minimum Gasteiger partial charge on any atom is -0.372 e. The molecular weight excluding hydrogens is 212 g/mol. The van der Waals surface area contributed by atoms with E-state index in [0.29, 0.717) is 0 Å². The Balaban J connectivity index is 1.64. The fourth-order valence-corrected chi connectivity index (χ4v) is 3.13. The summed E-state index contributed by atoms with van der Waals surface area (Å²) in [7, 11) is 0. The molecular formula is C14H20N2O. The molecule has 1 saturated heterocycles. The van der Waals surface area contributed by atoms with Gasteiger partial charge >= 0.3 is 0 Å². The second-order valence-corrected chi connectivity index (χ2v) is 5.30. The van der Waals surface area contributed by atoms with Gasteiger partial charge in [-0.05, 0) is 30.5 Å². The zero-order valence-electron chi connectivity index (χ0n) is 10.3. The number of aromatic nitrogens is 1. The molecule has 1 aliphatic heterocycles. The minimum absolute atomic E-state index is 0.186. The van der Waals surface area contributed by atoms with Crippen molar-refractivity contribution in [3.8, 4) is 0 Å². The summed E-state index contributed by atoms with van der Waals surface area (Å²) in [5.41, 5.74) is 1.54. The number of pyridine rings is 1. The molecule has 2 aliphatic rings. The Hall–Kier alpha value is -0.930. The van der Waals surface area contributed by atoms with Crippen LogP contribution in [0.25, 0.3) is 0 Å². The van der Waals surface area contributed by atoms with E-state index in [9.17, 15) is 0 Å². The van der Waals surface area contributed by atoms with Crippen molar-refractivity contribution < 1.29 is 4.74 Å². The molecule has 0 bridgehead atoms. The number of nitrogens with zero attached hydrogens (tertiary/aromatic N) is 2. The smallest absolute Gasteiger partial charge is 0.0809 e. The first-order valence-corrected chi connectivity index (χ1v) is 6.62. The highest BCUT2D eigenvalue weighted by Gasteiger charge is 2.38. The summed E-state index contributed by atoms with van der Waals surface area (Å²) in [6.45, 7) is 4.10. The molecule has 0 N–H and O–H groups in total. The van der Waals surface area contributed by atoms with Gasteiger partial charge in [0.2, 0.25) is 0 Å². The summed E-state index contributed by atoms with van der Waals surface area (Å²) in [6, 6.07) is 4.22. The average molecular weight is 232 g/mol. The van der Waals surface area contributed by atoms with Crippen molar-refractivity contribution >= 4 is 0 Å². The van der Waals surface area contributed by atoms with Crippen LogP contribution in [0.5, 0.6) is 0 Å². The molecule has 0 aromatic carbocycles. The molecule has 3 rings (SSSR count). The molecule has 0 amide bonds. The van der Waals surface area contributed by atoms with Crippen molar-refractivity contribution in [3.05, 3.63) is 30.1 Å². The molecule has 3 heteroatoms. The lowest BCUT2D eigenvalue weighted by Gasteiger charge is -2.40. The Morgan fingerprint density at radius 1 is 1.24 bits per heavy atom. The molecule has 1 spiro atoms. The van der Waals surface area contributed by atoms with Crippen LogP contribution in [0, 0.1) is 0 Å². The van der Waals surface area contributed by atoms with Crippen LogP contribution in [-0.2, 0) is 11.3 Å². The fraction of sp³-hybridized carbons (Fsp3) is 0.643. The zero-order chi connectivity index (χ0) is 11.6. The van der Waals surface area contributed by atoms with Crippen molar-refractivity contribution in [1.82, 2.24) is 9.88 Å². The maximum Gasteiger partial charge on any atom is 0.0809 e. The van der Waals surface area contributed by atoms with Crippen LogP contribution in [0.4, 0.5) is 0 Å². The molecule has 3 nitrogen and oxygen atoms in total. The maximum absolute atomic E-state index is 6.04. The first-order chi connectivity index (χ1) is 8.36. The highest BCUT2D eigenvalue weighted by molar-refractivity contribution is 5.10. The second-order valence-electron chi connectivity index (χ2n) is 5.30. The van der Waals surface area contributed by atoms with E-state index in [1.54, 1.807) is 0 Å². The Labute approximate surface area is 103 Å². The van der Waals surface area contributed by atoms with Crippen LogP contribution >= 0.6 is 0 Å². The van der Waals surface area contributed by atoms with Crippen LogP contribution in [0.3, 0.4) is 0 Å². The first kappa shape index (κ1) is 11.2. The highest BCUT2D eigenvalue weighted by atomic mass is 16.5. The molecule has 1 saturated carbocycles. The van der Waals surface area contributed by atoms with E-state index in [0.717, 1.165) is 26.2 Å². The lowest BCUT2D eigenvalue weighted by atomic mass is 9.99. The minimum atomic E-state index is 0.186. The topological polar surface area (TPSA) is 25.4 Å². The van der Waals surface area contributed by atoms with E-state index < -0.39 is 0 Å². The third kappa shape index (κ3) is 2.50. The zero-order valence-corrected chi connectivity index (χ0v) is 10.3. The van der Waals surface area contributed by atoms with Gasteiger partial charge in [0, 0.05) is 32.0 Å². The molecule has 2 heterocycles. The van der Waals surface area contributed by atoms with Gasteiger partial charge in [-0.1, -0.05) is 12.8 Å². The normalized spacial score (nSPS) is 24.2. The number of ether oxygens (including phenoxy) is 1. The van der Waals surface area contributed by atoms with Crippen molar-refractivity contribution in [2.75, 3.05) is 19.7 Å². The first-order valence-electron chi connectivity index (χ1n) is 6.62. The van der Waals surface area contributed by atoms with E-state index >= 15 is 0 Å². The Morgan fingerprint density at radius 3 is 2.76 bits per heavy atom. The predicted molar refractivity (Wildman–Crippen MR) is 66.7 cm³/mol. The summed E-state index contributed by atoms with van der Waals surface area (Å²) < 4.78 is 6.04. The van der Waals surface area contributed by atoms with Crippen molar-refractivity contribution in [1.29, 1.82) is 0 Å². The van der Waals surface area contributed by atoms with Crippen LogP contribution in [0.2, 0.25) is 0 Å². The average Bonchev–Trinajstić information content (AvgIpc) is 2.79. The van der Waals surface area contributed by atoms with Crippen molar-refractivity contribution in [2.45, 2.75) is 37.8 Å². The molecule has 0 unspecified atom stereocenters. The van der Waals surface area contributed by atoms with Gasteiger partial charge in [0.15, 0.2) is 0 Å². The Bertz CT molecular complexity index is 360. The van der Waals surface area contributed by atoms with Crippen LogP contribution in [-0.4, -0.2) is 35.2 Å². The molecule has 2 fully saturated rings. The number of hydrogen-bond donors (Lipinski definition) is 0. The van der Waals surface area contributed by atoms with Gasteiger partial charge in [-0.2, -0.15) is 0 Å². The van der Waals surface area contributed by atoms with Crippen molar-refractivity contribution in [2.24, 2.45) is 0 Å². The molecule has 17 heavy (non-hydrogen) atoms. The molecule has 1 aliphatic carbocycles. The number of hydrogen-bond acceptors (Lipinski definition) is 3. The van der Waals surface area contributed by atoms with E-state index in [4.69, 9.17) is 4.74 Å². The largest absolute Gasteiger partial charge is 0.372 e. The van der Waals surface area contributed by atoms with Gasteiger partial charge in [-0.15, -0.1) is 0 Å². The van der Waals surface area contributed by atoms with Gasteiger partial charge in [0.1, 0.15) is 0 Å². The summed E-state index contributed by atoms with van der Waals surface area (Å²) in [4.78, 5) is 6.60. The lowest BCUT2D eigenvalue weighted by Crippen LogP contribution is -2.49. The van der Waals surface area contributed by atoms with Gasteiger partial charge in [0.05, 0.1) is 12.2 Å². The molecule has 92 valence electrons. The quantitative estimate of drug-likeness (QED) is 0.782. The van der Waals surface area contributed by atoms with Gasteiger partial charge in [-0.25, -0.2) is 0 Å². The maximum atomic E-state index is 6.04. The lowest BCUT2D eigenvalue weighted by molar-refractivity contribution is -0.107. The summed E-state index contributed by atoms with van der Waals surface area (Å²) in [6.07, 6.45) is 8.92. The standard InChI is InChI=1S/C14H20N2O/c1-2-6-14(5-1)12-16(9-10-17-14)11-13-3-7-15-8-4-13/h3-4,7-8H,1-2,5-6,9-12H2. The number of morpholine rings is 1. The molecule has 0 radical (unpaired) electrons. The monoisotopic (exact) mass is 232 g/mol. The van der Waals surface area contributed by atoms with Crippen molar-refractivity contribution in [3.63, 3.8) is 0 Å². The van der Waals surface area contributed by atoms with Gasteiger partial charge in [0.25, 0.3) is 0 Å². The third-order valence-electron chi connectivity index (χ3n) is 4.00. The summed E-state index contributed by atoms with van der Waals surface area (Å²) in [5, 5.41) is 0. The number of rotatable bonds is 2. The van der Waals surface area contributed by atoms with Crippen LogP contribution in [0.15, 0.2) is 24.5 Å². The second kappa shape index (κ2) is 4.75. The SMILES string of the molecule is c1cc(CN2CCOC3(CCCC3)C2)ccn1. The highest BCUT2D eigenvalue weighted by Crippen LogP contribution is 2.36.